The summed E-state index contributed by atoms with van der Waals surface area (Å²) in [6.07, 6.45) is 3.07. The van der Waals surface area contributed by atoms with Crippen molar-refractivity contribution in [3.63, 3.8) is 0 Å². The van der Waals surface area contributed by atoms with E-state index in [9.17, 15) is 4.79 Å². The van der Waals surface area contributed by atoms with Gasteiger partial charge >= 0.3 is 6.09 Å². The van der Waals surface area contributed by atoms with E-state index in [1.165, 1.54) is 11.1 Å². The second-order valence-corrected chi connectivity index (χ2v) is 3.02. The molecule has 0 aliphatic rings. The van der Waals surface area contributed by atoms with E-state index in [2.05, 4.69) is 11.7 Å². The van der Waals surface area contributed by atoms with Crippen LogP contribution in [0.5, 0.6) is 0 Å². The number of carbonyl (C=O) groups excluding carboxylic acids is 1. The number of nitrogens with zero attached hydrogens (tertiary/aromatic N) is 2. The monoisotopic (exact) mass is 214 g/mol. The van der Waals surface area contributed by atoms with Gasteiger partial charge in [-0.05, 0) is 13.8 Å². The highest BCUT2D eigenvalue weighted by molar-refractivity contribution is 5.69. The van der Waals surface area contributed by atoms with Crippen LogP contribution >= 0.6 is 0 Å². The molecule has 1 amide bonds. The lowest BCUT2D eigenvalue weighted by Crippen LogP contribution is -2.39. The molecule has 0 radical (unpaired) electrons. The van der Waals surface area contributed by atoms with Gasteiger partial charge in [-0.2, -0.15) is 0 Å². The van der Waals surface area contributed by atoms with Crippen LogP contribution in [0.1, 0.15) is 20.3 Å². The van der Waals surface area contributed by atoms with Crippen molar-refractivity contribution in [1.82, 2.24) is 4.90 Å². The van der Waals surface area contributed by atoms with E-state index in [4.69, 9.17) is 9.94 Å². The Morgan fingerprint density at radius 3 is 2.87 bits per heavy atom. The normalized spacial score (nSPS) is 12.4. The third-order valence-corrected chi connectivity index (χ3v) is 1.89. The van der Waals surface area contributed by atoms with Crippen LogP contribution in [0.4, 0.5) is 4.79 Å². The highest BCUT2D eigenvalue weighted by Gasteiger charge is 2.18. The van der Waals surface area contributed by atoms with Gasteiger partial charge in [-0.25, -0.2) is 4.79 Å². The first-order valence-corrected chi connectivity index (χ1v) is 4.87. The Morgan fingerprint density at radius 2 is 2.40 bits per heavy atom. The molecule has 0 aliphatic heterocycles. The second kappa shape index (κ2) is 7.84. The van der Waals surface area contributed by atoms with Crippen molar-refractivity contribution < 1.29 is 14.7 Å². The van der Waals surface area contributed by atoms with Crippen LogP contribution in [0.3, 0.4) is 0 Å². The number of rotatable bonds is 6. The Hall–Kier alpha value is -1.52. The lowest BCUT2D eigenvalue weighted by atomic mass is 10.2. The van der Waals surface area contributed by atoms with Gasteiger partial charge in [-0.15, -0.1) is 11.7 Å². The summed E-state index contributed by atoms with van der Waals surface area (Å²) < 4.78 is 4.89. The first-order chi connectivity index (χ1) is 7.17. The predicted octanol–water partition coefficient (Wildman–Crippen LogP) is 1.87. The lowest BCUT2D eigenvalue weighted by Gasteiger charge is -2.26. The molecular weight excluding hydrogens is 196 g/mol. The fourth-order valence-electron chi connectivity index (χ4n) is 1.11. The predicted molar refractivity (Wildman–Crippen MR) is 58.3 cm³/mol. The molecule has 1 unspecified atom stereocenters. The maximum atomic E-state index is 11.5. The minimum Gasteiger partial charge on any atom is -0.450 e. The van der Waals surface area contributed by atoms with Crippen LogP contribution in [0.2, 0.25) is 0 Å². The van der Waals surface area contributed by atoms with Gasteiger partial charge in [0.15, 0.2) is 0 Å². The first-order valence-electron chi connectivity index (χ1n) is 4.87. The first kappa shape index (κ1) is 13.5. The molecule has 0 aromatic heterocycles. The summed E-state index contributed by atoms with van der Waals surface area (Å²) in [4.78, 5) is 13.0. The van der Waals surface area contributed by atoms with Gasteiger partial charge in [0.05, 0.1) is 6.61 Å². The summed E-state index contributed by atoms with van der Waals surface area (Å²) >= 11 is 0. The molecule has 0 heterocycles. The zero-order chi connectivity index (χ0) is 11.7. The lowest BCUT2D eigenvalue weighted by molar-refractivity contribution is 0.0993. The van der Waals surface area contributed by atoms with Gasteiger partial charge in [-0.1, -0.05) is 6.08 Å². The van der Waals surface area contributed by atoms with Crippen molar-refractivity contribution in [2.45, 2.75) is 26.3 Å². The van der Waals surface area contributed by atoms with E-state index in [1.54, 1.807) is 13.0 Å². The molecule has 15 heavy (non-hydrogen) atoms. The maximum absolute atomic E-state index is 11.5. The molecule has 5 nitrogen and oxygen atoms in total. The number of ether oxygens (including phenoxy) is 1. The molecule has 0 saturated heterocycles. The van der Waals surface area contributed by atoms with Crippen LogP contribution in [0.25, 0.3) is 0 Å². The molecule has 0 aromatic rings. The molecule has 0 fully saturated rings. The van der Waals surface area contributed by atoms with E-state index >= 15 is 0 Å². The van der Waals surface area contributed by atoms with Gasteiger partial charge < -0.3 is 14.8 Å². The largest absolute Gasteiger partial charge is 0.450 e. The van der Waals surface area contributed by atoms with Crippen molar-refractivity contribution in [3.05, 3.63) is 12.7 Å². The number of hydrogen-bond acceptors (Lipinski definition) is 4. The smallest absolute Gasteiger partial charge is 0.410 e. The molecule has 1 atom stereocenters. The number of carbonyl (C=O) groups is 1. The van der Waals surface area contributed by atoms with Gasteiger partial charge in [-0.3, -0.25) is 0 Å². The standard InChI is InChI=1S/C10H18N2O3/c1-4-8-12(10(13)15-5-2)9(3)6-7-11-14/h4,7,9,14H,1,5-6,8H2,2-3H3/b11-7+. The molecule has 0 spiro atoms. The van der Waals surface area contributed by atoms with Crippen molar-refractivity contribution in [1.29, 1.82) is 0 Å². The molecule has 0 aromatic carbocycles. The fraction of sp³-hybridized carbons (Fsp3) is 0.600. The van der Waals surface area contributed by atoms with E-state index in [1.807, 2.05) is 6.92 Å². The van der Waals surface area contributed by atoms with Gasteiger partial charge in [0.2, 0.25) is 0 Å². The Bertz CT molecular complexity index is 229. The van der Waals surface area contributed by atoms with E-state index in [0.717, 1.165) is 0 Å². The van der Waals surface area contributed by atoms with Crippen molar-refractivity contribution in [2.24, 2.45) is 5.16 Å². The third kappa shape index (κ3) is 5.05. The Morgan fingerprint density at radius 1 is 1.73 bits per heavy atom. The topological polar surface area (TPSA) is 62.1 Å². The summed E-state index contributed by atoms with van der Waals surface area (Å²) in [7, 11) is 0. The SMILES string of the molecule is C=CCN(C(=O)OCC)C(C)C/C=N/O. The molecule has 0 rings (SSSR count). The van der Waals surface area contributed by atoms with Gasteiger partial charge in [0, 0.05) is 25.2 Å². The van der Waals surface area contributed by atoms with E-state index < -0.39 is 0 Å². The highest BCUT2D eigenvalue weighted by atomic mass is 16.6. The third-order valence-electron chi connectivity index (χ3n) is 1.89. The van der Waals surface area contributed by atoms with Crippen LogP contribution in [-0.2, 0) is 4.74 Å². The van der Waals surface area contributed by atoms with E-state index in [-0.39, 0.29) is 12.1 Å². The number of amides is 1. The molecule has 5 heteroatoms. The molecule has 0 bridgehead atoms. The minimum atomic E-state index is -0.378. The van der Waals surface area contributed by atoms with Crippen molar-refractivity contribution >= 4 is 12.3 Å². The summed E-state index contributed by atoms with van der Waals surface area (Å²) in [6, 6.07) is -0.0852. The van der Waals surface area contributed by atoms with Crippen LogP contribution in [0.15, 0.2) is 17.8 Å². The van der Waals surface area contributed by atoms with Crippen LogP contribution < -0.4 is 0 Å². The summed E-state index contributed by atoms with van der Waals surface area (Å²) in [6.45, 7) is 7.93. The minimum absolute atomic E-state index is 0.0852. The highest BCUT2D eigenvalue weighted by Crippen LogP contribution is 2.05. The Labute approximate surface area is 90.0 Å². The Kier molecular flexibility index (Phi) is 7.05. The second-order valence-electron chi connectivity index (χ2n) is 3.02. The Balaban J connectivity index is 4.34. The van der Waals surface area contributed by atoms with Crippen LogP contribution in [-0.4, -0.2) is 41.6 Å². The average Bonchev–Trinajstić information content (AvgIpc) is 2.22. The average molecular weight is 214 g/mol. The molecule has 0 saturated carbocycles. The van der Waals surface area contributed by atoms with Crippen LogP contribution in [0, 0.1) is 0 Å². The van der Waals surface area contributed by atoms with Crippen molar-refractivity contribution in [2.75, 3.05) is 13.2 Å². The quantitative estimate of drug-likeness (QED) is 0.318. The maximum Gasteiger partial charge on any atom is 0.410 e. The van der Waals surface area contributed by atoms with E-state index in [0.29, 0.717) is 19.6 Å². The molecule has 0 aliphatic carbocycles. The summed E-state index contributed by atoms with van der Waals surface area (Å²) in [5.41, 5.74) is 0. The number of oxime groups is 1. The molecular formula is C10H18N2O3. The molecule has 86 valence electrons. The number of hydrogen-bond donors (Lipinski definition) is 1. The van der Waals surface area contributed by atoms with Gasteiger partial charge in [0.25, 0.3) is 0 Å². The fourth-order valence-corrected chi connectivity index (χ4v) is 1.11. The summed E-state index contributed by atoms with van der Waals surface area (Å²) in [5.74, 6) is 0. The molecule has 1 N–H and O–H groups in total. The van der Waals surface area contributed by atoms with Crippen molar-refractivity contribution in [3.8, 4) is 0 Å². The zero-order valence-electron chi connectivity index (χ0n) is 9.22. The summed E-state index contributed by atoms with van der Waals surface area (Å²) in [5, 5.41) is 11.2. The van der Waals surface area contributed by atoms with Gasteiger partial charge in [0.1, 0.15) is 0 Å². The zero-order valence-corrected chi connectivity index (χ0v) is 9.22.